The number of carbonyl (C=O) groups is 2. The second-order valence-corrected chi connectivity index (χ2v) is 12.7. The average molecular weight is 533 g/mol. The Morgan fingerprint density at radius 3 is 1.48 bits per heavy atom. The summed E-state index contributed by atoms with van der Waals surface area (Å²) in [5.41, 5.74) is 1.84. The molecule has 0 aliphatic heterocycles. The maximum atomic E-state index is 12.9. The lowest BCUT2D eigenvalue weighted by atomic mass is 9.44. The van der Waals surface area contributed by atoms with Crippen molar-refractivity contribution in [3.8, 4) is 0 Å². The second kappa shape index (κ2) is 9.84. The van der Waals surface area contributed by atoms with E-state index < -0.39 is 0 Å². The van der Waals surface area contributed by atoms with Crippen molar-refractivity contribution < 1.29 is 9.59 Å². The van der Waals surface area contributed by atoms with Gasteiger partial charge in [0.25, 0.3) is 0 Å². The van der Waals surface area contributed by atoms with E-state index in [-0.39, 0.29) is 22.9 Å². The van der Waals surface area contributed by atoms with Gasteiger partial charge in [0.05, 0.1) is 0 Å². The predicted molar refractivity (Wildman–Crippen MR) is 161 cm³/mol. The molecule has 4 fully saturated rings. The van der Waals surface area contributed by atoms with Gasteiger partial charge in [0.2, 0.25) is 0 Å². The standard InChI is InChI=1S/C34H36N4O2/c39-31(37-29-11-9-25-5-1-3-7-27(25)14-29)35-21-33-16-23-13-24(17-33)19-34(18-23,20-33)22-36-32(40)38-30-12-10-26-6-2-4-8-28(26)15-30/h1-12,14-15,23-24H,13,16-22H2,(H2,35,37,39)(H2,36,38,40). The second-order valence-electron chi connectivity index (χ2n) is 12.7. The van der Waals surface area contributed by atoms with Crippen molar-refractivity contribution in [1.82, 2.24) is 10.6 Å². The first-order chi connectivity index (χ1) is 19.4. The number of amides is 4. The lowest BCUT2D eigenvalue weighted by molar-refractivity contribution is -0.105. The molecule has 0 heterocycles. The van der Waals surface area contributed by atoms with Gasteiger partial charge in [-0.1, -0.05) is 60.7 Å². The van der Waals surface area contributed by atoms with Crippen molar-refractivity contribution in [1.29, 1.82) is 0 Å². The summed E-state index contributed by atoms with van der Waals surface area (Å²) in [7, 11) is 0. The van der Waals surface area contributed by atoms with Crippen molar-refractivity contribution in [3.05, 3.63) is 84.9 Å². The molecule has 4 amide bonds. The van der Waals surface area contributed by atoms with E-state index in [0.717, 1.165) is 39.3 Å². The summed E-state index contributed by atoms with van der Waals surface area (Å²) in [5, 5.41) is 17.0. The maximum Gasteiger partial charge on any atom is 0.319 e. The largest absolute Gasteiger partial charge is 0.337 e. The first-order valence-electron chi connectivity index (χ1n) is 14.5. The number of fused-ring (bicyclic) bond motifs is 2. The van der Waals surface area contributed by atoms with E-state index in [0.29, 0.717) is 24.9 Å². The van der Waals surface area contributed by atoms with Gasteiger partial charge in [-0.25, -0.2) is 9.59 Å². The first kappa shape index (κ1) is 24.9. The Morgan fingerprint density at radius 2 is 1.02 bits per heavy atom. The van der Waals surface area contributed by atoms with Crippen LogP contribution in [0.2, 0.25) is 0 Å². The van der Waals surface area contributed by atoms with E-state index in [1.807, 2.05) is 60.7 Å². The quantitative estimate of drug-likeness (QED) is 0.207. The van der Waals surface area contributed by atoms with Crippen LogP contribution in [-0.4, -0.2) is 25.2 Å². The molecule has 4 aliphatic rings. The number of carbonyl (C=O) groups excluding carboxylic acids is 2. The topological polar surface area (TPSA) is 82.3 Å². The van der Waals surface area contributed by atoms with Gasteiger partial charge in [0.1, 0.15) is 0 Å². The lowest BCUT2D eigenvalue weighted by Gasteiger charge is -2.62. The fraction of sp³-hybridized carbons (Fsp3) is 0.353. The van der Waals surface area contributed by atoms with Crippen LogP contribution in [0.3, 0.4) is 0 Å². The molecular weight excluding hydrogens is 496 g/mol. The number of urea groups is 2. The van der Waals surface area contributed by atoms with Gasteiger partial charge in [-0.2, -0.15) is 0 Å². The summed E-state index contributed by atoms with van der Waals surface area (Å²) in [6.07, 6.45) is 7.03. The molecule has 0 aromatic heterocycles. The monoisotopic (exact) mass is 532 g/mol. The van der Waals surface area contributed by atoms with Crippen LogP contribution in [0.15, 0.2) is 84.9 Å². The molecule has 4 bridgehead atoms. The third-order valence-electron chi connectivity index (χ3n) is 9.57. The summed E-state index contributed by atoms with van der Waals surface area (Å²) in [6.45, 7) is 1.37. The van der Waals surface area contributed by atoms with Gasteiger partial charge < -0.3 is 21.3 Å². The highest BCUT2D eigenvalue weighted by Crippen LogP contribution is 2.64. The van der Waals surface area contributed by atoms with Gasteiger partial charge in [-0.3, -0.25) is 0 Å². The molecule has 6 heteroatoms. The van der Waals surface area contributed by atoms with Gasteiger partial charge in [0, 0.05) is 24.5 Å². The van der Waals surface area contributed by atoms with Crippen LogP contribution in [0.25, 0.3) is 21.5 Å². The van der Waals surface area contributed by atoms with Crippen molar-refractivity contribution >= 4 is 45.0 Å². The van der Waals surface area contributed by atoms with Crippen molar-refractivity contribution in [2.45, 2.75) is 38.5 Å². The van der Waals surface area contributed by atoms with Crippen LogP contribution >= 0.6 is 0 Å². The van der Waals surface area contributed by atoms with E-state index in [9.17, 15) is 9.59 Å². The highest BCUT2D eigenvalue weighted by atomic mass is 16.2. The zero-order chi connectivity index (χ0) is 27.2. The van der Waals surface area contributed by atoms with Crippen molar-refractivity contribution in [2.75, 3.05) is 23.7 Å². The van der Waals surface area contributed by atoms with Crippen LogP contribution in [0.5, 0.6) is 0 Å². The number of hydrogen-bond donors (Lipinski definition) is 4. The fourth-order valence-corrected chi connectivity index (χ4v) is 8.48. The van der Waals surface area contributed by atoms with Crippen molar-refractivity contribution in [2.24, 2.45) is 22.7 Å². The third-order valence-corrected chi connectivity index (χ3v) is 9.57. The maximum absolute atomic E-state index is 12.9. The smallest absolute Gasteiger partial charge is 0.319 e. The average Bonchev–Trinajstić information content (AvgIpc) is 2.94. The summed E-state index contributed by atoms with van der Waals surface area (Å²) >= 11 is 0. The molecule has 6 nitrogen and oxygen atoms in total. The van der Waals surface area contributed by atoms with E-state index in [4.69, 9.17) is 0 Å². The Hall–Kier alpha value is -4.06. The minimum Gasteiger partial charge on any atom is -0.337 e. The van der Waals surface area contributed by atoms with Gasteiger partial charge in [-0.15, -0.1) is 0 Å². The Kier molecular flexibility index (Phi) is 6.14. The normalized spacial score (nSPS) is 26.5. The molecule has 0 atom stereocenters. The third kappa shape index (κ3) is 4.99. The number of benzene rings is 4. The number of anilines is 2. The van der Waals surface area contributed by atoms with Crippen LogP contribution in [-0.2, 0) is 0 Å². The predicted octanol–water partition coefficient (Wildman–Crippen LogP) is 7.52. The zero-order valence-electron chi connectivity index (χ0n) is 22.7. The summed E-state index contributed by atoms with van der Waals surface area (Å²) in [6, 6.07) is 28.1. The van der Waals surface area contributed by atoms with Crippen LogP contribution in [0.1, 0.15) is 38.5 Å². The molecule has 4 saturated carbocycles. The van der Waals surface area contributed by atoms with Gasteiger partial charge >= 0.3 is 12.1 Å². The minimum atomic E-state index is -0.145. The van der Waals surface area contributed by atoms with Gasteiger partial charge in [0.15, 0.2) is 0 Å². The summed E-state index contributed by atoms with van der Waals surface area (Å²) in [4.78, 5) is 25.8. The highest BCUT2D eigenvalue weighted by molar-refractivity contribution is 5.94. The molecule has 204 valence electrons. The van der Waals surface area contributed by atoms with E-state index in [1.54, 1.807) is 0 Å². The number of nitrogens with one attached hydrogen (secondary N) is 4. The molecule has 4 aromatic carbocycles. The molecule has 4 aliphatic carbocycles. The highest BCUT2D eigenvalue weighted by Gasteiger charge is 2.57. The number of hydrogen-bond acceptors (Lipinski definition) is 2. The van der Waals surface area contributed by atoms with E-state index in [2.05, 4.69) is 45.5 Å². The van der Waals surface area contributed by atoms with E-state index >= 15 is 0 Å². The Bertz CT molecular complexity index is 1470. The molecule has 8 rings (SSSR count). The first-order valence-corrected chi connectivity index (χ1v) is 14.5. The molecule has 0 spiro atoms. The molecule has 0 unspecified atom stereocenters. The van der Waals surface area contributed by atoms with Gasteiger partial charge in [-0.05, 0) is 107 Å². The summed E-state index contributed by atoms with van der Waals surface area (Å²) in [5.74, 6) is 1.36. The Labute approximate surface area is 234 Å². The molecule has 40 heavy (non-hydrogen) atoms. The molecule has 0 radical (unpaired) electrons. The summed E-state index contributed by atoms with van der Waals surface area (Å²) < 4.78 is 0. The minimum absolute atomic E-state index is 0.112. The van der Waals surface area contributed by atoms with Crippen LogP contribution in [0, 0.1) is 22.7 Å². The Balaban J connectivity index is 0.972. The lowest BCUT2D eigenvalue weighted by Crippen LogP contribution is -2.58. The molecular formula is C34H36N4O2. The van der Waals surface area contributed by atoms with Crippen molar-refractivity contribution in [3.63, 3.8) is 0 Å². The Morgan fingerprint density at radius 1 is 0.600 bits per heavy atom. The molecule has 4 N–H and O–H groups in total. The fourth-order valence-electron chi connectivity index (χ4n) is 8.48. The SMILES string of the molecule is O=C(NCC12CC3CC(C1)CC(CNC(=O)Nc1ccc4ccccc4c1)(C3)C2)Nc1ccc2ccccc2c1. The van der Waals surface area contributed by atoms with Crippen LogP contribution < -0.4 is 21.3 Å². The molecule has 4 aromatic rings. The van der Waals surface area contributed by atoms with Crippen LogP contribution in [0.4, 0.5) is 21.0 Å². The zero-order valence-corrected chi connectivity index (χ0v) is 22.7. The number of rotatable bonds is 6. The van der Waals surface area contributed by atoms with E-state index in [1.165, 1.54) is 32.1 Å². The molecule has 0 saturated heterocycles.